The van der Waals surface area contributed by atoms with Gasteiger partial charge in [-0.2, -0.15) is 5.10 Å². The van der Waals surface area contributed by atoms with Gasteiger partial charge in [0.2, 0.25) is 0 Å². The number of hydrogen-bond acceptors (Lipinski definition) is 5. The maximum Gasteiger partial charge on any atom is 0.258 e. The van der Waals surface area contributed by atoms with E-state index >= 15 is 0 Å². The third-order valence-electron chi connectivity index (χ3n) is 5.04. The number of anilines is 1. The normalized spacial score (nSPS) is 17.9. The molecular formula is C20H19N7O2. The summed E-state index contributed by atoms with van der Waals surface area (Å²) in [6, 6.07) is 5.48. The highest BCUT2D eigenvalue weighted by atomic mass is 16.2. The number of amides is 2. The first-order valence-corrected chi connectivity index (χ1v) is 9.36. The van der Waals surface area contributed by atoms with Gasteiger partial charge in [0.1, 0.15) is 5.69 Å². The van der Waals surface area contributed by atoms with E-state index in [0.717, 1.165) is 22.6 Å². The van der Waals surface area contributed by atoms with E-state index in [0.29, 0.717) is 47.8 Å². The number of hydrogen-bond donors (Lipinski definition) is 5. The third kappa shape index (κ3) is 3.01. The minimum Gasteiger partial charge on any atom is -0.358 e. The van der Waals surface area contributed by atoms with E-state index < -0.39 is 0 Å². The number of carbonyl (C=O) groups excluding carboxylic acids is 2. The highest BCUT2D eigenvalue weighted by Gasteiger charge is 2.28. The zero-order valence-electron chi connectivity index (χ0n) is 15.7. The molecule has 5 rings (SSSR count). The molecule has 2 aliphatic heterocycles. The molecule has 0 radical (unpaired) electrons. The van der Waals surface area contributed by atoms with E-state index in [1.54, 1.807) is 18.3 Å². The maximum absolute atomic E-state index is 12.7. The summed E-state index contributed by atoms with van der Waals surface area (Å²) in [5.74, 6) is -0.442. The van der Waals surface area contributed by atoms with Crippen molar-refractivity contribution >= 4 is 29.2 Å². The number of carbonyl (C=O) groups is 2. The van der Waals surface area contributed by atoms with Gasteiger partial charge in [0, 0.05) is 30.9 Å². The summed E-state index contributed by atoms with van der Waals surface area (Å²) >= 11 is 0. The average Bonchev–Trinajstić information content (AvgIpc) is 3.39. The van der Waals surface area contributed by atoms with Gasteiger partial charge in [-0.3, -0.25) is 14.7 Å². The van der Waals surface area contributed by atoms with Crippen molar-refractivity contribution in [1.29, 1.82) is 0 Å². The van der Waals surface area contributed by atoms with Gasteiger partial charge in [0.15, 0.2) is 0 Å². The molecule has 2 aliphatic rings. The van der Waals surface area contributed by atoms with Gasteiger partial charge in [0.25, 0.3) is 11.8 Å². The molecule has 0 atom stereocenters. The van der Waals surface area contributed by atoms with Gasteiger partial charge >= 0.3 is 0 Å². The maximum atomic E-state index is 12.7. The van der Waals surface area contributed by atoms with Crippen LogP contribution in [0.5, 0.6) is 0 Å². The molecule has 5 heterocycles. The molecule has 9 heteroatoms. The second-order valence-corrected chi connectivity index (χ2v) is 7.08. The standard InChI is InChI=1S/C20H19N7O2/c1-10-6-11-16(24-10)7-12-18-15(26-20(12)29)3-2-14(25-18)13-8-23-27-17(13)9-21-4-5-22-19(11)28/h2-3,6-8,21,24H,4-5,9H2,1H3,(H,22,28)(H,23,27)(H,26,29)/b12-7-. The Balaban J connectivity index is 1.69. The van der Waals surface area contributed by atoms with Crippen molar-refractivity contribution in [2.75, 3.05) is 18.4 Å². The lowest BCUT2D eigenvalue weighted by molar-refractivity contribution is -0.110. The van der Waals surface area contributed by atoms with Gasteiger partial charge in [-0.15, -0.1) is 0 Å². The molecule has 0 aliphatic carbocycles. The number of nitrogens with one attached hydrogen (secondary N) is 5. The van der Waals surface area contributed by atoms with Gasteiger partial charge in [0.05, 0.1) is 40.1 Å². The summed E-state index contributed by atoms with van der Waals surface area (Å²) in [5.41, 5.74) is 6.02. The van der Waals surface area contributed by atoms with Gasteiger partial charge < -0.3 is 20.9 Å². The van der Waals surface area contributed by atoms with Crippen LogP contribution in [0.15, 0.2) is 24.4 Å². The Morgan fingerprint density at radius 1 is 1.07 bits per heavy atom. The Hall–Kier alpha value is -3.72. The summed E-state index contributed by atoms with van der Waals surface area (Å²) in [6.45, 7) is 3.50. The number of aromatic amines is 2. The highest BCUT2D eigenvalue weighted by molar-refractivity contribution is 6.34. The fraction of sp³-hybridized carbons (Fsp3) is 0.200. The molecule has 0 aromatic carbocycles. The molecule has 9 nitrogen and oxygen atoms in total. The Labute approximate surface area is 166 Å². The van der Waals surface area contributed by atoms with Crippen LogP contribution >= 0.6 is 0 Å². The second-order valence-electron chi connectivity index (χ2n) is 7.08. The first-order chi connectivity index (χ1) is 14.1. The lowest BCUT2D eigenvalue weighted by atomic mass is 10.1. The van der Waals surface area contributed by atoms with Crippen LogP contribution in [0.4, 0.5) is 5.69 Å². The summed E-state index contributed by atoms with van der Waals surface area (Å²) < 4.78 is 0. The molecule has 2 amide bonds. The Morgan fingerprint density at radius 2 is 1.97 bits per heavy atom. The first kappa shape index (κ1) is 17.4. The van der Waals surface area contributed by atoms with E-state index in [-0.39, 0.29) is 11.8 Å². The first-order valence-electron chi connectivity index (χ1n) is 9.36. The number of rotatable bonds is 0. The number of pyridine rings is 1. The summed E-state index contributed by atoms with van der Waals surface area (Å²) in [5, 5.41) is 16.2. The summed E-state index contributed by atoms with van der Waals surface area (Å²) in [6.07, 6.45) is 3.42. The predicted molar refractivity (Wildman–Crippen MR) is 108 cm³/mol. The average molecular weight is 389 g/mol. The fourth-order valence-electron chi connectivity index (χ4n) is 3.64. The van der Waals surface area contributed by atoms with Crippen LogP contribution in [-0.2, 0) is 11.3 Å². The van der Waals surface area contributed by atoms with E-state index in [9.17, 15) is 9.59 Å². The number of nitrogens with zero attached hydrogens (tertiary/aromatic N) is 2. The van der Waals surface area contributed by atoms with Crippen LogP contribution in [0.25, 0.3) is 22.9 Å². The van der Waals surface area contributed by atoms with Crippen molar-refractivity contribution in [2.24, 2.45) is 0 Å². The molecule has 0 unspecified atom stereocenters. The van der Waals surface area contributed by atoms with Crippen molar-refractivity contribution in [1.82, 2.24) is 30.8 Å². The van der Waals surface area contributed by atoms with Crippen LogP contribution < -0.4 is 16.0 Å². The van der Waals surface area contributed by atoms with Gasteiger partial charge in [-0.05, 0) is 31.2 Å². The lowest BCUT2D eigenvalue weighted by Crippen LogP contribution is -2.31. The van der Waals surface area contributed by atoms with Crippen molar-refractivity contribution in [2.45, 2.75) is 13.5 Å². The second kappa shape index (κ2) is 6.71. The highest BCUT2D eigenvalue weighted by Crippen LogP contribution is 2.34. The number of aromatic nitrogens is 4. The lowest BCUT2D eigenvalue weighted by Gasteiger charge is -2.07. The van der Waals surface area contributed by atoms with E-state index in [1.807, 2.05) is 19.1 Å². The monoisotopic (exact) mass is 389 g/mol. The molecular weight excluding hydrogens is 370 g/mol. The minimum atomic E-state index is -0.248. The van der Waals surface area contributed by atoms with Crippen LogP contribution in [-0.4, -0.2) is 45.1 Å². The van der Waals surface area contributed by atoms with E-state index in [4.69, 9.17) is 4.98 Å². The van der Waals surface area contributed by atoms with Crippen molar-refractivity contribution in [3.8, 4) is 11.3 Å². The van der Waals surface area contributed by atoms with Crippen LogP contribution in [0.2, 0.25) is 0 Å². The van der Waals surface area contributed by atoms with Crippen LogP contribution in [0.3, 0.4) is 0 Å². The Morgan fingerprint density at radius 3 is 2.86 bits per heavy atom. The Kier molecular flexibility index (Phi) is 4.02. The minimum absolute atomic E-state index is 0.194. The van der Waals surface area contributed by atoms with Crippen molar-refractivity contribution in [3.63, 3.8) is 0 Å². The number of fused-ring (bicyclic) bond motifs is 4. The SMILES string of the molecule is Cc1cc2c([nH]1)/C=C1\C(=O)Nc3ccc(nc31)-c1cn[nH]c1CNCCNC2=O. The molecule has 0 fully saturated rings. The third-order valence-corrected chi connectivity index (χ3v) is 5.04. The molecule has 2 bridgehead atoms. The topological polar surface area (TPSA) is 128 Å². The zero-order chi connectivity index (χ0) is 20.0. The molecule has 0 saturated carbocycles. The molecule has 5 N–H and O–H groups in total. The van der Waals surface area contributed by atoms with Crippen LogP contribution in [0, 0.1) is 6.92 Å². The van der Waals surface area contributed by atoms with Crippen molar-refractivity contribution < 1.29 is 9.59 Å². The quantitative estimate of drug-likeness (QED) is 0.397. The largest absolute Gasteiger partial charge is 0.358 e. The Bertz CT molecular complexity index is 1170. The number of aryl methyl sites for hydroxylation is 1. The fourth-order valence-corrected chi connectivity index (χ4v) is 3.64. The number of H-pyrrole nitrogens is 2. The van der Waals surface area contributed by atoms with Gasteiger partial charge in [-0.25, -0.2) is 4.98 Å². The van der Waals surface area contributed by atoms with Crippen molar-refractivity contribution in [3.05, 3.63) is 52.7 Å². The van der Waals surface area contributed by atoms with Crippen LogP contribution in [0.1, 0.15) is 33.1 Å². The molecule has 0 spiro atoms. The zero-order valence-corrected chi connectivity index (χ0v) is 15.7. The smallest absolute Gasteiger partial charge is 0.258 e. The van der Waals surface area contributed by atoms with E-state index in [1.165, 1.54) is 0 Å². The molecule has 0 saturated heterocycles. The predicted octanol–water partition coefficient (Wildman–Crippen LogP) is 1.43. The van der Waals surface area contributed by atoms with Gasteiger partial charge in [-0.1, -0.05) is 0 Å². The molecule has 146 valence electrons. The summed E-state index contributed by atoms with van der Waals surface area (Å²) in [7, 11) is 0. The summed E-state index contributed by atoms with van der Waals surface area (Å²) in [4.78, 5) is 33.2. The molecule has 3 aromatic rings. The van der Waals surface area contributed by atoms with E-state index in [2.05, 4.69) is 31.1 Å². The molecule has 3 aromatic heterocycles. The molecule has 29 heavy (non-hydrogen) atoms.